The average Bonchev–Trinajstić information content (AvgIpc) is 3.12. The van der Waals surface area contributed by atoms with Crippen molar-refractivity contribution in [2.75, 3.05) is 20.7 Å². The molecule has 1 aliphatic carbocycles. The van der Waals surface area contributed by atoms with E-state index >= 15 is 0 Å². The molecule has 2 aromatic rings. The van der Waals surface area contributed by atoms with Crippen molar-refractivity contribution in [2.24, 2.45) is 0 Å². The van der Waals surface area contributed by atoms with Crippen LogP contribution in [-0.4, -0.2) is 76.7 Å². The summed E-state index contributed by atoms with van der Waals surface area (Å²) >= 11 is 0. The number of fused-ring (bicyclic) bond motifs is 3. The Hall–Kier alpha value is -3.88. The van der Waals surface area contributed by atoms with E-state index in [0.29, 0.717) is 0 Å². The molecule has 174 valence electrons. The Morgan fingerprint density at radius 2 is 1.42 bits per heavy atom. The van der Waals surface area contributed by atoms with Crippen molar-refractivity contribution in [1.82, 2.24) is 9.80 Å². The van der Waals surface area contributed by atoms with Crippen LogP contribution < -0.4 is 0 Å². The van der Waals surface area contributed by atoms with Crippen LogP contribution in [-0.2, 0) is 19.1 Å². The molecule has 2 atom stereocenters. The van der Waals surface area contributed by atoms with Gasteiger partial charge in [0.05, 0.1) is 6.42 Å². The van der Waals surface area contributed by atoms with Crippen LogP contribution >= 0.6 is 0 Å². The van der Waals surface area contributed by atoms with Gasteiger partial charge in [-0.25, -0.2) is 9.59 Å². The lowest BCUT2D eigenvalue weighted by Gasteiger charge is -2.30. The smallest absolute Gasteiger partial charge is 0.410 e. The minimum absolute atomic E-state index is 0.0741. The SMILES string of the molecule is C[C@@H](C(=O)N(C)[C@@H](CC(=O)O)C(=O)O)N(C)C(=O)OCC1c2ccccc2-c2ccccc21. The van der Waals surface area contributed by atoms with E-state index < -0.39 is 42.4 Å². The van der Waals surface area contributed by atoms with Crippen LogP contribution in [0.25, 0.3) is 11.1 Å². The molecule has 0 radical (unpaired) electrons. The van der Waals surface area contributed by atoms with Gasteiger partial charge in [-0.05, 0) is 29.2 Å². The van der Waals surface area contributed by atoms with Crippen LogP contribution in [0.4, 0.5) is 4.79 Å². The van der Waals surface area contributed by atoms with Crippen molar-refractivity contribution >= 4 is 23.9 Å². The quantitative estimate of drug-likeness (QED) is 0.628. The van der Waals surface area contributed by atoms with E-state index in [1.54, 1.807) is 0 Å². The molecule has 0 heterocycles. The molecular weight excluding hydrogens is 428 g/mol. The molecule has 9 nitrogen and oxygen atoms in total. The Kier molecular flexibility index (Phi) is 7.01. The molecule has 3 rings (SSSR count). The van der Waals surface area contributed by atoms with E-state index in [9.17, 15) is 24.3 Å². The third-order valence-corrected chi connectivity index (χ3v) is 6.03. The lowest BCUT2D eigenvalue weighted by atomic mass is 9.98. The number of nitrogens with zero attached hydrogens (tertiary/aromatic N) is 2. The van der Waals surface area contributed by atoms with Crippen molar-refractivity contribution in [3.8, 4) is 11.1 Å². The Balaban J connectivity index is 1.68. The Morgan fingerprint density at radius 1 is 0.909 bits per heavy atom. The van der Waals surface area contributed by atoms with Crippen molar-refractivity contribution in [1.29, 1.82) is 0 Å². The first kappa shape index (κ1) is 23.8. The molecule has 9 heteroatoms. The first-order valence-corrected chi connectivity index (χ1v) is 10.4. The highest BCUT2D eigenvalue weighted by molar-refractivity contribution is 5.90. The van der Waals surface area contributed by atoms with Gasteiger partial charge in [0.25, 0.3) is 0 Å². The number of hydrogen-bond donors (Lipinski definition) is 2. The summed E-state index contributed by atoms with van der Waals surface area (Å²) < 4.78 is 5.53. The van der Waals surface area contributed by atoms with Gasteiger partial charge in [-0.3, -0.25) is 14.5 Å². The number of aliphatic carboxylic acids is 2. The monoisotopic (exact) mass is 454 g/mol. The predicted molar refractivity (Wildman–Crippen MR) is 119 cm³/mol. The second-order valence-electron chi connectivity index (χ2n) is 7.99. The summed E-state index contributed by atoms with van der Waals surface area (Å²) in [6.45, 7) is 1.50. The lowest BCUT2D eigenvalue weighted by molar-refractivity contribution is -0.154. The Morgan fingerprint density at radius 3 is 1.91 bits per heavy atom. The highest BCUT2D eigenvalue weighted by Gasteiger charge is 2.35. The van der Waals surface area contributed by atoms with Gasteiger partial charge in [-0.15, -0.1) is 0 Å². The van der Waals surface area contributed by atoms with Gasteiger partial charge in [0, 0.05) is 20.0 Å². The summed E-state index contributed by atoms with van der Waals surface area (Å²) in [5.74, 6) is -3.64. The van der Waals surface area contributed by atoms with Gasteiger partial charge in [0.2, 0.25) is 5.91 Å². The molecule has 0 saturated heterocycles. The molecule has 0 fully saturated rings. The van der Waals surface area contributed by atoms with Gasteiger partial charge in [0.1, 0.15) is 18.7 Å². The number of benzene rings is 2. The van der Waals surface area contributed by atoms with Gasteiger partial charge < -0.3 is 19.8 Å². The molecule has 2 aromatic carbocycles. The number of carbonyl (C=O) groups excluding carboxylic acids is 2. The van der Waals surface area contributed by atoms with E-state index in [4.69, 9.17) is 9.84 Å². The first-order chi connectivity index (χ1) is 15.6. The fraction of sp³-hybridized carbons (Fsp3) is 0.333. The normalized spacial score (nSPS) is 13.9. The van der Waals surface area contributed by atoms with Gasteiger partial charge in [0.15, 0.2) is 0 Å². The van der Waals surface area contributed by atoms with E-state index in [-0.39, 0.29) is 12.5 Å². The molecule has 2 N–H and O–H groups in total. The molecule has 33 heavy (non-hydrogen) atoms. The summed E-state index contributed by atoms with van der Waals surface area (Å²) in [7, 11) is 2.58. The third-order valence-electron chi connectivity index (χ3n) is 6.03. The first-order valence-electron chi connectivity index (χ1n) is 10.4. The van der Waals surface area contributed by atoms with Gasteiger partial charge >= 0.3 is 18.0 Å². The summed E-state index contributed by atoms with van der Waals surface area (Å²) in [5, 5.41) is 18.2. The maximum absolute atomic E-state index is 12.7. The minimum Gasteiger partial charge on any atom is -0.481 e. The van der Waals surface area contributed by atoms with Crippen LogP contribution in [0.3, 0.4) is 0 Å². The zero-order chi connectivity index (χ0) is 24.3. The van der Waals surface area contributed by atoms with Gasteiger partial charge in [-0.2, -0.15) is 0 Å². The maximum atomic E-state index is 12.7. The van der Waals surface area contributed by atoms with Crippen LogP contribution in [0.15, 0.2) is 48.5 Å². The molecule has 0 bridgehead atoms. The lowest BCUT2D eigenvalue weighted by Crippen LogP contribution is -2.52. The third kappa shape index (κ3) is 4.82. The summed E-state index contributed by atoms with van der Waals surface area (Å²) in [6, 6.07) is 13.2. The molecule has 0 saturated carbocycles. The van der Waals surface area contributed by atoms with Crippen LogP contribution in [0.2, 0.25) is 0 Å². The van der Waals surface area contributed by atoms with E-state index in [2.05, 4.69) is 0 Å². The maximum Gasteiger partial charge on any atom is 0.410 e. The zero-order valence-corrected chi connectivity index (χ0v) is 18.6. The van der Waals surface area contributed by atoms with Crippen molar-refractivity contribution < 1.29 is 34.1 Å². The van der Waals surface area contributed by atoms with Crippen molar-refractivity contribution in [3.05, 3.63) is 59.7 Å². The second kappa shape index (κ2) is 9.72. The summed E-state index contributed by atoms with van der Waals surface area (Å²) in [5.41, 5.74) is 4.28. The fourth-order valence-corrected chi connectivity index (χ4v) is 4.02. The highest BCUT2D eigenvalue weighted by atomic mass is 16.6. The van der Waals surface area contributed by atoms with Crippen LogP contribution in [0.1, 0.15) is 30.4 Å². The van der Waals surface area contributed by atoms with Crippen molar-refractivity contribution in [3.63, 3.8) is 0 Å². The minimum atomic E-state index is -1.55. The molecule has 1 aliphatic rings. The molecule has 0 unspecified atom stereocenters. The average molecular weight is 454 g/mol. The van der Waals surface area contributed by atoms with Crippen molar-refractivity contribution in [2.45, 2.75) is 31.3 Å². The summed E-state index contributed by atoms with van der Waals surface area (Å²) in [6.07, 6.45) is -1.49. The Bertz CT molecular complexity index is 1040. The molecule has 0 aromatic heterocycles. The standard InChI is InChI=1S/C24H26N2O7/c1-14(22(29)26(3)20(23(30)31)12-21(27)28)25(2)24(32)33-13-19-17-10-6-4-8-15(17)16-9-5-7-11-18(16)19/h4-11,14,19-20H,12-13H2,1-3H3,(H,27,28)(H,30,31)/t14-,20-/m0/s1. The Labute approximate surface area is 191 Å². The number of carboxylic acid groups (broad SMARTS) is 2. The molecule has 0 spiro atoms. The summed E-state index contributed by atoms with van der Waals surface area (Å²) in [4.78, 5) is 49.7. The van der Waals surface area contributed by atoms with Gasteiger partial charge in [-0.1, -0.05) is 48.5 Å². The largest absolute Gasteiger partial charge is 0.481 e. The fourth-order valence-electron chi connectivity index (χ4n) is 4.02. The number of hydrogen-bond acceptors (Lipinski definition) is 5. The second-order valence-corrected chi connectivity index (χ2v) is 7.99. The van der Waals surface area contributed by atoms with Crippen LogP contribution in [0, 0.1) is 0 Å². The van der Waals surface area contributed by atoms with E-state index in [1.807, 2.05) is 48.5 Å². The zero-order valence-electron chi connectivity index (χ0n) is 18.6. The number of carbonyl (C=O) groups is 4. The highest BCUT2D eigenvalue weighted by Crippen LogP contribution is 2.44. The number of likely N-dealkylation sites (N-methyl/N-ethyl adjacent to an activating group) is 2. The molecule has 0 aliphatic heterocycles. The number of ether oxygens (including phenoxy) is 1. The molecule has 2 amide bonds. The molecular formula is C24H26N2O7. The number of rotatable bonds is 8. The van der Waals surface area contributed by atoms with E-state index in [0.717, 1.165) is 32.1 Å². The van der Waals surface area contributed by atoms with E-state index in [1.165, 1.54) is 21.0 Å². The number of carboxylic acids is 2. The predicted octanol–water partition coefficient (Wildman–Crippen LogP) is 2.64. The number of amides is 2. The topological polar surface area (TPSA) is 124 Å². The van der Waals surface area contributed by atoms with Crippen LogP contribution in [0.5, 0.6) is 0 Å².